The van der Waals surface area contributed by atoms with Gasteiger partial charge in [0.25, 0.3) is 5.91 Å². The highest BCUT2D eigenvalue weighted by Crippen LogP contribution is 2.23. The minimum Gasteiger partial charge on any atom is -0.483 e. The Morgan fingerprint density at radius 3 is 2.31 bits per heavy atom. The molecule has 1 saturated heterocycles. The number of rotatable bonds is 8. The molecule has 2 aromatic rings. The number of carbonyl (C=O) groups excluding carboxylic acids is 1. The van der Waals surface area contributed by atoms with Crippen LogP contribution in [0, 0.1) is 20.8 Å². The first kappa shape index (κ1) is 24.3. The molecule has 0 radical (unpaired) electrons. The van der Waals surface area contributed by atoms with E-state index in [1.165, 1.54) is 0 Å². The Balaban J connectivity index is 1.47. The number of amides is 1. The Morgan fingerprint density at radius 1 is 1.00 bits per heavy atom. The molecule has 0 aliphatic carbocycles. The second-order valence-corrected chi connectivity index (χ2v) is 10.5. The summed E-state index contributed by atoms with van der Waals surface area (Å²) in [5.74, 6) is 0.558. The van der Waals surface area contributed by atoms with Gasteiger partial charge in [-0.2, -0.15) is 4.31 Å². The van der Waals surface area contributed by atoms with Crippen molar-refractivity contribution in [2.75, 3.05) is 26.2 Å². The Bertz CT molecular complexity index is 1020. The Hall–Kier alpha value is -2.38. The fourth-order valence-electron chi connectivity index (χ4n) is 3.95. The summed E-state index contributed by atoms with van der Waals surface area (Å²) < 4.78 is 33.0. The molecule has 0 aromatic heterocycles. The number of hydrogen-bond acceptors (Lipinski definition) is 4. The highest BCUT2D eigenvalue weighted by molar-refractivity contribution is 7.89. The molecular formula is C25H34N2O4S. The zero-order chi connectivity index (χ0) is 23.1. The predicted molar refractivity (Wildman–Crippen MR) is 127 cm³/mol. The number of nitrogens with one attached hydrogen (secondary N) is 1. The van der Waals surface area contributed by atoms with E-state index in [9.17, 15) is 13.2 Å². The van der Waals surface area contributed by atoms with E-state index in [-0.39, 0.29) is 12.5 Å². The molecule has 1 N–H and O–H groups in total. The topological polar surface area (TPSA) is 75.7 Å². The second kappa shape index (κ2) is 11.0. The van der Waals surface area contributed by atoms with E-state index in [0.29, 0.717) is 31.0 Å². The number of sulfonamides is 1. The molecule has 1 fully saturated rings. The summed E-state index contributed by atoms with van der Waals surface area (Å²) in [5.41, 5.74) is 4.26. The maximum absolute atomic E-state index is 12.9. The maximum Gasteiger partial charge on any atom is 0.257 e. The molecule has 0 saturated carbocycles. The monoisotopic (exact) mass is 458 g/mol. The molecule has 0 atom stereocenters. The summed E-state index contributed by atoms with van der Waals surface area (Å²) in [4.78, 5) is 12.5. The van der Waals surface area contributed by atoms with E-state index >= 15 is 0 Å². The summed E-state index contributed by atoms with van der Waals surface area (Å²) in [6.45, 7) is 7.64. The van der Waals surface area contributed by atoms with Gasteiger partial charge >= 0.3 is 0 Å². The number of aryl methyl sites for hydroxylation is 2. The van der Waals surface area contributed by atoms with Crippen molar-refractivity contribution in [1.29, 1.82) is 0 Å². The Labute approximate surface area is 192 Å². The minimum atomic E-state index is -3.43. The number of nitrogens with zero attached hydrogens (tertiary/aromatic N) is 1. The van der Waals surface area contributed by atoms with Crippen LogP contribution >= 0.6 is 0 Å². The van der Waals surface area contributed by atoms with Crippen LogP contribution in [-0.4, -0.2) is 44.9 Å². The van der Waals surface area contributed by atoms with Gasteiger partial charge in [0.15, 0.2) is 6.61 Å². The van der Waals surface area contributed by atoms with Gasteiger partial charge in [0.2, 0.25) is 10.0 Å². The van der Waals surface area contributed by atoms with E-state index in [4.69, 9.17) is 4.74 Å². The highest BCUT2D eigenvalue weighted by Gasteiger charge is 2.24. The zero-order valence-electron chi connectivity index (χ0n) is 19.3. The van der Waals surface area contributed by atoms with Crippen LogP contribution in [0.2, 0.25) is 0 Å². The lowest BCUT2D eigenvalue weighted by atomic mass is 10.1. The first-order chi connectivity index (χ1) is 15.3. The first-order valence-electron chi connectivity index (χ1n) is 11.3. The van der Waals surface area contributed by atoms with E-state index in [0.717, 1.165) is 53.7 Å². The maximum atomic E-state index is 12.9. The fraction of sp³-hybridized carbons (Fsp3) is 0.480. The van der Waals surface area contributed by atoms with Crippen molar-refractivity contribution in [2.24, 2.45) is 0 Å². The lowest BCUT2D eigenvalue weighted by molar-refractivity contribution is -0.123. The Morgan fingerprint density at radius 2 is 1.66 bits per heavy atom. The smallest absolute Gasteiger partial charge is 0.257 e. The molecule has 1 aliphatic heterocycles. The van der Waals surface area contributed by atoms with E-state index in [1.54, 1.807) is 16.4 Å². The molecule has 1 heterocycles. The number of hydrogen-bond donors (Lipinski definition) is 1. The lowest BCUT2D eigenvalue weighted by Gasteiger charge is -2.20. The van der Waals surface area contributed by atoms with Crippen LogP contribution in [0.5, 0.6) is 5.75 Å². The summed E-state index contributed by atoms with van der Waals surface area (Å²) in [5, 5.41) is 2.86. The van der Waals surface area contributed by atoms with Gasteiger partial charge in [-0.1, -0.05) is 31.0 Å². The molecule has 1 amide bonds. The summed E-state index contributed by atoms with van der Waals surface area (Å²) in [6.07, 6.45) is 4.64. The van der Waals surface area contributed by atoms with Crippen LogP contribution < -0.4 is 10.1 Å². The summed E-state index contributed by atoms with van der Waals surface area (Å²) in [6, 6.07) is 11.0. The van der Waals surface area contributed by atoms with Gasteiger partial charge in [0.1, 0.15) is 5.75 Å². The zero-order valence-corrected chi connectivity index (χ0v) is 20.1. The SMILES string of the molecule is Cc1cc(C)c(C)c(OCC(=O)NCCc2ccc(S(=O)(=O)N3CCCCCC3)cc2)c1. The largest absolute Gasteiger partial charge is 0.483 e. The average Bonchev–Trinajstić information content (AvgIpc) is 3.06. The van der Waals surface area contributed by atoms with Crippen LogP contribution in [0.4, 0.5) is 0 Å². The van der Waals surface area contributed by atoms with Crippen molar-refractivity contribution >= 4 is 15.9 Å². The van der Waals surface area contributed by atoms with Gasteiger partial charge in [0, 0.05) is 19.6 Å². The molecule has 6 nitrogen and oxygen atoms in total. The van der Waals surface area contributed by atoms with Crippen molar-refractivity contribution in [3.63, 3.8) is 0 Å². The highest BCUT2D eigenvalue weighted by atomic mass is 32.2. The molecule has 32 heavy (non-hydrogen) atoms. The van der Waals surface area contributed by atoms with Gasteiger partial charge in [-0.3, -0.25) is 4.79 Å². The fourth-order valence-corrected chi connectivity index (χ4v) is 5.47. The van der Waals surface area contributed by atoms with E-state index in [2.05, 4.69) is 11.4 Å². The normalized spacial score (nSPS) is 15.2. The molecule has 174 valence electrons. The van der Waals surface area contributed by atoms with Crippen molar-refractivity contribution in [1.82, 2.24) is 9.62 Å². The summed E-state index contributed by atoms with van der Waals surface area (Å²) >= 11 is 0. The van der Waals surface area contributed by atoms with Gasteiger partial charge in [-0.15, -0.1) is 0 Å². The quantitative estimate of drug-likeness (QED) is 0.651. The molecule has 0 unspecified atom stereocenters. The number of ether oxygens (including phenoxy) is 1. The van der Waals surface area contributed by atoms with Crippen molar-refractivity contribution in [2.45, 2.75) is 57.8 Å². The van der Waals surface area contributed by atoms with E-state index < -0.39 is 10.0 Å². The Kier molecular flexibility index (Phi) is 8.32. The van der Waals surface area contributed by atoms with Crippen LogP contribution in [0.15, 0.2) is 41.3 Å². The minimum absolute atomic E-state index is 0.0310. The van der Waals surface area contributed by atoms with Crippen LogP contribution in [-0.2, 0) is 21.2 Å². The summed E-state index contributed by atoms with van der Waals surface area (Å²) in [7, 11) is -3.43. The van der Waals surface area contributed by atoms with Gasteiger partial charge in [-0.05, 0) is 80.5 Å². The van der Waals surface area contributed by atoms with Gasteiger partial charge in [-0.25, -0.2) is 8.42 Å². The third-order valence-corrected chi connectivity index (χ3v) is 7.90. The lowest BCUT2D eigenvalue weighted by Crippen LogP contribution is -2.32. The molecule has 0 spiro atoms. The average molecular weight is 459 g/mol. The molecular weight excluding hydrogens is 424 g/mol. The van der Waals surface area contributed by atoms with Crippen molar-refractivity contribution in [3.05, 3.63) is 58.7 Å². The van der Waals surface area contributed by atoms with Crippen molar-refractivity contribution in [3.8, 4) is 5.75 Å². The first-order valence-corrected chi connectivity index (χ1v) is 12.8. The van der Waals surface area contributed by atoms with E-state index in [1.807, 2.05) is 39.0 Å². The molecule has 3 rings (SSSR count). The standard InChI is InChI=1S/C25H34N2O4S/c1-19-16-20(2)21(3)24(17-19)31-18-25(28)26-13-12-22-8-10-23(11-9-22)32(29,30)27-14-6-4-5-7-15-27/h8-11,16-17H,4-7,12-15,18H2,1-3H3,(H,26,28). The molecule has 7 heteroatoms. The van der Waals surface area contributed by atoms with Crippen LogP contribution in [0.1, 0.15) is 47.9 Å². The number of carbonyl (C=O) groups is 1. The predicted octanol–water partition coefficient (Wildman–Crippen LogP) is 3.91. The second-order valence-electron chi connectivity index (χ2n) is 8.56. The number of benzene rings is 2. The van der Waals surface area contributed by atoms with Gasteiger partial charge in [0.05, 0.1) is 4.90 Å². The molecule has 1 aliphatic rings. The molecule has 0 bridgehead atoms. The third kappa shape index (κ3) is 6.33. The third-order valence-electron chi connectivity index (χ3n) is 5.98. The van der Waals surface area contributed by atoms with Crippen molar-refractivity contribution < 1.29 is 17.9 Å². The van der Waals surface area contributed by atoms with Gasteiger partial charge < -0.3 is 10.1 Å². The van der Waals surface area contributed by atoms with Crippen LogP contribution in [0.25, 0.3) is 0 Å². The van der Waals surface area contributed by atoms with Crippen LogP contribution in [0.3, 0.4) is 0 Å². The molecule has 2 aromatic carbocycles.